The average Bonchev–Trinajstić information content (AvgIpc) is 2.27. The van der Waals surface area contributed by atoms with Gasteiger partial charge in [-0.1, -0.05) is 0 Å². The number of nitrogens with zero attached hydrogens (tertiary/aromatic N) is 3. The van der Waals surface area contributed by atoms with Crippen LogP contribution in [0.3, 0.4) is 0 Å². The van der Waals surface area contributed by atoms with Crippen LogP contribution in [0.2, 0.25) is 0 Å². The van der Waals surface area contributed by atoms with Crippen LogP contribution in [0.4, 0.5) is 0 Å². The molecule has 0 fully saturated rings. The van der Waals surface area contributed by atoms with Crippen LogP contribution in [-0.4, -0.2) is 15.0 Å². The van der Waals surface area contributed by atoms with Gasteiger partial charge in [0, 0.05) is 6.92 Å². The van der Waals surface area contributed by atoms with Gasteiger partial charge in [0.1, 0.15) is 6.33 Å². The molecule has 2 aromatic heterocycles. The molecule has 0 spiro atoms. The molecule has 0 aliphatic carbocycles. The Morgan fingerprint density at radius 2 is 2.40 bits per heavy atom. The molecular weight excluding hydrogens is 130 g/mol. The number of aryl methyl sites for hydroxylation is 1. The molecule has 0 N–H and O–H groups in total. The molecule has 4 nitrogen and oxygen atoms in total. The van der Waals surface area contributed by atoms with Crippen molar-refractivity contribution in [3.05, 3.63) is 18.4 Å². The van der Waals surface area contributed by atoms with Crippen LogP contribution in [0.15, 0.2) is 16.9 Å². The van der Waals surface area contributed by atoms with Crippen molar-refractivity contribution in [2.24, 2.45) is 0 Å². The summed E-state index contributed by atoms with van der Waals surface area (Å²) >= 11 is 0. The van der Waals surface area contributed by atoms with Crippen molar-refractivity contribution in [1.29, 1.82) is 0 Å². The van der Waals surface area contributed by atoms with E-state index in [1.165, 1.54) is 6.33 Å². The van der Waals surface area contributed by atoms with Gasteiger partial charge in [-0.15, -0.1) is 0 Å². The van der Waals surface area contributed by atoms with Crippen LogP contribution in [0.5, 0.6) is 0 Å². The predicted molar refractivity (Wildman–Crippen MR) is 34.3 cm³/mol. The maximum Gasteiger partial charge on any atom is 0.201 e. The molecule has 4 heteroatoms. The van der Waals surface area contributed by atoms with E-state index in [4.69, 9.17) is 4.42 Å². The SMILES string of the molecule is Cc1nc2ncncc2o1. The van der Waals surface area contributed by atoms with Crippen molar-refractivity contribution in [2.75, 3.05) is 0 Å². The van der Waals surface area contributed by atoms with E-state index in [2.05, 4.69) is 15.0 Å². The third kappa shape index (κ3) is 0.655. The van der Waals surface area contributed by atoms with E-state index in [0.29, 0.717) is 17.1 Å². The standard InChI is InChI=1S/C6H5N3O/c1-4-9-6-5(10-4)2-7-3-8-6/h2-3H,1H3. The van der Waals surface area contributed by atoms with Crippen molar-refractivity contribution in [3.8, 4) is 0 Å². The van der Waals surface area contributed by atoms with Gasteiger partial charge in [0.25, 0.3) is 0 Å². The first-order chi connectivity index (χ1) is 4.86. The molecule has 0 aliphatic rings. The van der Waals surface area contributed by atoms with Crippen LogP contribution in [0.25, 0.3) is 11.2 Å². The molecular formula is C6H5N3O. The number of aromatic nitrogens is 3. The zero-order valence-electron chi connectivity index (χ0n) is 5.40. The lowest BCUT2D eigenvalue weighted by Crippen LogP contribution is -1.76. The molecule has 0 aromatic carbocycles. The molecule has 2 heterocycles. The van der Waals surface area contributed by atoms with Gasteiger partial charge in [0.05, 0.1) is 6.20 Å². The normalized spacial score (nSPS) is 10.5. The van der Waals surface area contributed by atoms with Gasteiger partial charge < -0.3 is 4.42 Å². The Bertz CT molecular complexity index is 322. The van der Waals surface area contributed by atoms with Crippen molar-refractivity contribution >= 4 is 11.2 Å². The highest BCUT2D eigenvalue weighted by Gasteiger charge is 1.99. The summed E-state index contributed by atoms with van der Waals surface area (Å²) < 4.78 is 5.13. The van der Waals surface area contributed by atoms with E-state index < -0.39 is 0 Å². The summed E-state index contributed by atoms with van der Waals surface area (Å²) in [6.45, 7) is 1.78. The molecule has 2 rings (SSSR count). The van der Waals surface area contributed by atoms with E-state index in [1.807, 2.05) is 0 Å². The van der Waals surface area contributed by atoms with Crippen LogP contribution in [0.1, 0.15) is 5.89 Å². The summed E-state index contributed by atoms with van der Waals surface area (Å²) in [6, 6.07) is 0. The van der Waals surface area contributed by atoms with Crippen molar-refractivity contribution < 1.29 is 4.42 Å². The Morgan fingerprint density at radius 1 is 1.50 bits per heavy atom. The monoisotopic (exact) mass is 135 g/mol. The van der Waals surface area contributed by atoms with Crippen molar-refractivity contribution in [2.45, 2.75) is 6.92 Å². The second-order valence-corrected chi connectivity index (χ2v) is 1.94. The van der Waals surface area contributed by atoms with Gasteiger partial charge in [-0.2, -0.15) is 4.98 Å². The average molecular weight is 135 g/mol. The van der Waals surface area contributed by atoms with E-state index in [-0.39, 0.29) is 0 Å². The van der Waals surface area contributed by atoms with E-state index in [1.54, 1.807) is 13.1 Å². The van der Waals surface area contributed by atoms with Crippen LogP contribution in [-0.2, 0) is 0 Å². The van der Waals surface area contributed by atoms with Gasteiger partial charge in [-0.25, -0.2) is 9.97 Å². The molecule has 0 bridgehead atoms. The third-order valence-corrected chi connectivity index (χ3v) is 1.18. The first kappa shape index (κ1) is 5.34. The lowest BCUT2D eigenvalue weighted by atomic mass is 10.6. The molecule has 0 saturated heterocycles. The zero-order chi connectivity index (χ0) is 6.97. The highest BCUT2D eigenvalue weighted by Crippen LogP contribution is 2.08. The Morgan fingerprint density at radius 3 is 3.20 bits per heavy atom. The molecule has 10 heavy (non-hydrogen) atoms. The van der Waals surface area contributed by atoms with E-state index in [9.17, 15) is 0 Å². The maximum atomic E-state index is 5.13. The lowest BCUT2D eigenvalue weighted by Gasteiger charge is -1.78. The second-order valence-electron chi connectivity index (χ2n) is 1.94. The fraction of sp³-hybridized carbons (Fsp3) is 0.167. The highest BCUT2D eigenvalue weighted by atomic mass is 16.3. The number of hydrogen-bond donors (Lipinski definition) is 0. The summed E-state index contributed by atoms with van der Waals surface area (Å²) in [5.41, 5.74) is 1.26. The van der Waals surface area contributed by atoms with Gasteiger partial charge in [0.2, 0.25) is 5.65 Å². The summed E-state index contributed by atoms with van der Waals surface area (Å²) in [6.07, 6.45) is 3.05. The summed E-state index contributed by atoms with van der Waals surface area (Å²) in [5.74, 6) is 0.621. The first-order valence-corrected chi connectivity index (χ1v) is 2.89. The minimum atomic E-state index is 0.618. The Hall–Kier alpha value is -1.45. The first-order valence-electron chi connectivity index (χ1n) is 2.89. The smallest absolute Gasteiger partial charge is 0.201 e. The molecule has 50 valence electrons. The third-order valence-electron chi connectivity index (χ3n) is 1.18. The molecule has 0 radical (unpaired) electrons. The maximum absolute atomic E-state index is 5.13. The largest absolute Gasteiger partial charge is 0.438 e. The zero-order valence-corrected chi connectivity index (χ0v) is 5.40. The van der Waals surface area contributed by atoms with Crippen LogP contribution < -0.4 is 0 Å². The Balaban J connectivity index is 2.88. The van der Waals surface area contributed by atoms with E-state index in [0.717, 1.165) is 0 Å². The fourth-order valence-electron chi connectivity index (χ4n) is 0.797. The van der Waals surface area contributed by atoms with Crippen LogP contribution >= 0.6 is 0 Å². The van der Waals surface area contributed by atoms with Gasteiger partial charge in [-0.3, -0.25) is 0 Å². The molecule has 0 unspecified atom stereocenters. The van der Waals surface area contributed by atoms with E-state index >= 15 is 0 Å². The quantitative estimate of drug-likeness (QED) is 0.539. The van der Waals surface area contributed by atoms with Gasteiger partial charge >= 0.3 is 0 Å². The fourth-order valence-corrected chi connectivity index (χ4v) is 0.797. The van der Waals surface area contributed by atoms with Crippen LogP contribution in [0, 0.1) is 6.92 Å². The van der Waals surface area contributed by atoms with Crippen molar-refractivity contribution in [3.63, 3.8) is 0 Å². The number of oxazole rings is 1. The Kier molecular flexibility index (Phi) is 0.943. The summed E-state index contributed by atoms with van der Waals surface area (Å²) in [5, 5.41) is 0. The molecule has 0 atom stereocenters. The number of fused-ring (bicyclic) bond motifs is 1. The number of rotatable bonds is 0. The predicted octanol–water partition coefficient (Wildman–Crippen LogP) is 0.926. The summed E-state index contributed by atoms with van der Waals surface area (Å²) in [7, 11) is 0. The number of hydrogen-bond acceptors (Lipinski definition) is 4. The highest BCUT2D eigenvalue weighted by molar-refractivity contribution is 5.65. The van der Waals surface area contributed by atoms with Crippen molar-refractivity contribution in [1.82, 2.24) is 15.0 Å². The molecule has 2 aromatic rings. The topological polar surface area (TPSA) is 51.8 Å². The molecule has 0 aliphatic heterocycles. The summed E-state index contributed by atoms with van der Waals surface area (Å²) in [4.78, 5) is 11.7. The van der Waals surface area contributed by atoms with Gasteiger partial charge in [-0.05, 0) is 0 Å². The Labute approximate surface area is 56.9 Å². The van der Waals surface area contributed by atoms with Gasteiger partial charge in [0.15, 0.2) is 11.5 Å². The minimum Gasteiger partial charge on any atom is -0.438 e. The minimum absolute atomic E-state index is 0.618. The molecule has 0 amide bonds. The lowest BCUT2D eigenvalue weighted by molar-refractivity contribution is 0.560. The second kappa shape index (κ2) is 1.76. The molecule has 0 saturated carbocycles.